The first-order valence-corrected chi connectivity index (χ1v) is 9.00. The molecule has 0 aliphatic heterocycles. The minimum Gasteiger partial charge on any atom is -0.508 e. The Hall–Kier alpha value is -3.34. The van der Waals surface area contributed by atoms with E-state index >= 15 is 0 Å². The van der Waals surface area contributed by atoms with Crippen molar-refractivity contribution in [3.63, 3.8) is 0 Å². The van der Waals surface area contributed by atoms with E-state index in [1.165, 1.54) is 30.4 Å². The van der Waals surface area contributed by atoms with E-state index in [2.05, 4.69) is 0 Å². The lowest BCUT2D eigenvalue weighted by Crippen LogP contribution is -2.04. The number of aromatic hydroxyl groups is 2. The molecule has 0 aliphatic rings. The van der Waals surface area contributed by atoms with E-state index in [-0.39, 0.29) is 29.5 Å². The SMILES string of the molecule is CC(C)COc1cc(/C=C/C(=O)CC(=O)/C=C/c2ccc(O)cc2)ccc1O. The Kier molecular flexibility index (Phi) is 7.57. The van der Waals surface area contributed by atoms with Crippen molar-refractivity contribution in [1.82, 2.24) is 0 Å². The number of ketones is 2. The van der Waals surface area contributed by atoms with Crippen LogP contribution < -0.4 is 4.74 Å². The van der Waals surface area contributed by atoms with E-state index in [1.807, 2.05) is 13.8 Å². The van der Waals surface area contributed by atoms with E-state index in [1.54, 1.807) is 36.4 Å². The fourth-order valence-electron chi connectivity index (χ4n) is 2.26. The molecular weight excluding hydrogens is 356 g/mol. The van der Waals surface area contributed by atoms with Crippen LogP contribution in [0.4, 0.5) is 0 Å². The fraction of sp³-hybridized carbons (Fsp3) is 0.217. The normalized spacial score (nSPS) is 11.4. The lowest BCUT2D eigenvalue weighted by Gasteiger charge is -2.10. The van der Waals surface area contributed by atoms with Gasteiger partial charge in [0.2, 0.25) is 0 Å². The van der Waals surface area contributed by atoms with Gasteiger partial charge in [-0.1, -0.05) is 44.2 Å². The zero-order chi connectivity index (χ0) is 20.5. The van der Waals surface area contributed by atoms with Gasteiger partial charge in [0.05, 0.1) is 13.0 Å². The summed E-state index contributed by atoms with van der Waals surface area (Å²) in [6, 6.07) is 11.2. The molecule has 0 heterocycles. The molecule has 2 aromatic carbocycles. The minimum atomic E-state index is -0.321. The molecule has 0 saturated heterocycles. The summed E-state index contributed by atoms with van der Waals surface area (Å²) in [6.07, 6.45) is 5.62. The second kappa shape index (κ2) is 10.1. The summed E-state index contributed by atoms with van der Waals surface area (Å²) < 4.78 is 5.54. The van der Waals surface area contributed by atoms with Crippen molar-refractivity contribution in [2.45, 2.75) is 20.3 Å². The van der Waals surface area contributed by atoms with Crippen LogP contribution in [0, 0.1) is 5.92 Å². The Labute approximate surface area is 164 Å². The second-order valence-electron chi connectivity index (χ2n) is 6.80. The molecule has 0 radical (unpaired) electrons. The molecule has 0 aliphatic carbocycles. The Morgan fingerprint density at radius 2 is 1.50 bits per heavy atom. The van der Waals surface area contributed by atoms with E-state index < -0.39 is 0 Å². The average Bonchev–Trinajstić information content (AvgIpc) is 2.65. The standard InChI is InChI=1S/C23H24O5/c1-16(2)15-28-23-13-18(7-12-22(23)27)6-11-21(26)14-20(25)10-5-17-3-8-19(24)9-4-17/h3-13,16,24,27H,14-15H2,1-2H3/b10-5+,11-6+. The van der Waals surface area contributed by atoms with Crippen LogP contribution in [0.1, 0.15) is 31.4 Å². The molecule has 0 amide bonds. The maximum atomic E-state index is 12.0. The van der Waals surface area contributed by atoms with Crippen LogP contribution in [0.3, 0.4) is 0 Å². The summed E-state index contributed by atoms with van der Waals surface area (Å²) in [4.78, 5) is 23.9. The van der Waals surface area contributed by atoms with Gasteiger partial charge in [0.1, 0.15) is 5.75 Å². The highest BCUT2D eigenvalue weighted by Gasteiger charge is 2.06. The highest BCUT2D eigenvalue weighted by Crippen LogP contribution is 2.27. The first-order valence-electron chi connectivity index (χ1n) is 9.00. The Morgan fingerprint density at radius 3 is 2.11 bits per heavy atom. The summed E-state index contributed by atoms with van der Waals surface area (Å²) >= 11 is 0. The summed E-state index contributed by atoms with van der Waals surface area (Å²) in [6.45, 7) is 4.49. The Balaban J connectivity index is 1.92. The monoisotopic (exact) mass is 380 g/mol. The number of benzene rings is 2. The van der Waals surface area contributed by atoms with Gasteiger partial charge in [-0.25, -0.2) is 0 Å². The number of ether oxygens (including phenoxy) is 1. The maximum Gasteiger partial charge on any atom is 0.163 e. The number of phenols is 2. The molecule has 5 heteroatoms. The van der Waals surface area contributed by atoms with Crippen molar-refractivity contribution in [2.75, 3.05) is 6.61 Å². The smallest absolute Gasteiger partial charge is 0.163 e. The fourth-order valence-corrected chi connectivity index (χ4v) is 2.26. The third-order valence-electron chi connectivity index (χ3n) is 3.72. The molecule has 0 aromatic heterocycles. The molecule has 0 saturated carbocycles. The molecule has 0 atom stereocenters. The van der Waals surface area contributed by atoms with Crippen LogP contribution in [-0.4, -0.2) is 28.4 Å². The zero-order valence-corrected chi connectivity index (χ0v) is 16.0. The topological polar surface area (TPSA) is 83.8 Å². The summed E-state index contributed by atoms with van der Waals surface area (Å²) in [5, 5.41) is 19.1. The van der Waals surface area contributed by atoms with E-state index in [9.17, 15) is 19.8 Å². The molecule has 2 aromatic rings. The van der Waals surface area contributed by atoms with Gasteiger partial charge in [0.15, 0.2) is 23.1 Å². The van der Waals surface area contributed by atoms with Gasteiger partial charge in [-0.05, 0) is 53.5 Å². The van der Waals surface area contributed by atoms with Crippen molar-refractivity contribution in [3.8, 4) is 17.2 Å². The molecule has 28 heavy (non-hydrogen) atoms. The number of hydrogen-bond donors (Lipinski definition) is 2. The first kappa shape index (κ1) is 21.0. The van der Waals surface area contributed by atoms with Gasteiger partial charge in [-0.15, -0.1) is 0 Å². The molecule has 0 bridgehead atoms. The summed E-state index contributed by atoms with van der Waals surface area (Å²) in [7, 11) is 0. The van der Waals surface area contributed by atoms with Crippen LogP contribution in [0.25, 0.3) is 12.2 Å². The van der Waals surface area contributed by atoms with Gasteiger partial charge < -0.3 is 14.9 Å². The Morgan fingerprint density at radius 1 is 0.929 bits per heavy atom. The van der Waals surface area contributed by atoms with Crippen molar-refractivity contribution in [3.05, 3.63) is 65.7 Å². The minimum absolute atomic E-state index is 0.0404. The maximum absolute atomic E-state index is 12.0. The molecule has 0 unspecified atom stereocenters. The number of rotatable bonds is 9. The van der Waals surface area contributed by atoms with Gasteiger partial charge >= 0.3 is 0 Å². The number of allylic oxidation sites excluding steroid dienone is 2. The number of phenolic OH excluding ortho intramolecular Hbond substituents is 2. The predicted octanol–water partition coefficient (Wildman–Crippen LogP) is 4.39. The summed E-state index contributed by atoms with van der Waals surface area (Å²) in [5.74, 6) is 0.235. The van der Waals surface area contributed by atoms with Crippen LogP contribution in [0.2, 0.25) is 0 Å². The first-order chi connectivity index (χ1) is 13.3. The van der Waals surface area contributed by atoms with Gasteiger partial charge in [-0.3, -0.25) is 9.59 Å². The molecule has 146 valence electrons. The quantitative estimate of drug-likeness (QED) is 0.498. The van der Waals surface area contributed by atoms with Crippen LogP contribution in [-0.2, 0) is 9.59 Å². The lowest BCUT2D eigenvalue weighted by atomic mass is 10.1. The average molecular weight is 380 g/mol. The van der Waals surface area contributed by atoms with Gasteiger partial charge in [0, 0.05) is 0 Å². The molecule has 5 nitrogen and oxygen atoms in total. The van der Waals surface area contributed by atoms with Crippen molar-refractivity contribution in [2.24, 2.45) is 5.92 Å². The Bertz CT molecular complexity index is 876. The third kappa shape index (κ3) is 7.11. The summed E-state index contributed by atoms with van der Waals surface area (Å²) in [5.41, 5.74) is 1.45. The van der Waals surface area contributed by atoms with Crippen molar-refractivity contribution < 1.29 is 24.5 Å². The third-order valence-corrected chi connectivity index (χ3v) is 3.72. The van der Waals surface area contributed by atoms with Crippen LogP contribution in [0.5, 0.6) is 17.2 Å². The number of hydrogen-bond acceptors (Lipinski definition) is 5. The van der Waals surface area contributed by atoms with E-state index in [4.69, 9.17) is 4.74 Å². The largest absolute Gasteiger partial charge is 0.508 e. The zero-order valence-electron chi connectivity index (χ0n) is 16.0. The highest BCUT2D eigenvalue weighted by atomic mass is 16.5. The molecule has 0 fully saturated rings. The lowest BCUT2D eigenvalue weighted by molar-refractivity contribution is -0.121. The second-order valence-corrected chi connectivity index (χ2v) is 6.80. The predicted molar refractivity (Wildman–Crippen MR) is 109 cm³/mol. The number of carbonyl (C=O) groups is 2. The highest BCUT2D eigenvalue weighted by molar-refractivity contribution is 6.10. The van der Waals surface area contributed by atoms with Crippen LogP contribution in [0.15, 0.2) is 54.6 Å². The van der Waals surface area contributed by atoms with E-state index in [0.29, 0.717) is 23.8 Å². The van der Waals surface area contributed by atoms with Crippen LogP contribution >= 0.6 is 0 Å². The molecular formula is C23H24O5. The van der Waals surface area contributed by atoms with Gasteiger partial charge in [-0.2, -0.15) is 0 Å². The number of carbonyl (C=O) groups excluding carboxylic acids is 2. The van der Waals surface area contributed by atoms with Crippen molar-refractivity contribution >= 4 is 23.7 Å². The molecule has 0 spiro atoms. The van der Waals surface area contributed by atoms with Gasteiger partial charge in [0.25, 0.3) is 0 Å². The van der Waals surface area contributed by atoms with Crippen molar-refractivity contribution in [1.29, 1.82) is 0 Å². The molecule has 2 rings (SSSR count). The molecule has 2 N–H and O–H groups in total. The van der Waals surface area contributed by atoms with E-state index in [0.717, 1.165) is 5.56 Å².